The van der Waals surface area contributed by atoms with Gasteiger partial charge in [-0.3, -0.25) is 0 Å². The third kappa shape index (κ3) is 6.70. The SMILES string of the molecule is CCO/C(Br)=C(\CC)P=Nc1c(C(C)(C)C)cc(C(C)(C)C)cc1C(C)(C)C. The average Bonchev–Trinajstić information content (AvgIpc) is 2.52. The first-order valence-electron chi connectivity index (χ1n) is 10.3. The first-order valence-corrected chi connectivity index (χ1v) is 11.9. The van der Waals surface area contributed by atoms with E-state index in [0.29, 0.717) is 6.61 Å². The van der Waals surface area contributed by atoms with Crippen molar-refractivity contribution in [3.05, 3.63) is 38.8 Å². The van der Waals surface area contributed by atoms with Gasteiger partial charge < -0.3 is 4.74 Å². The summed E-state index contributed by atoms with van der Waals surface area (Å²) < 4.78 is 11.6. The molecule has 0 heterocycles. The Morgan fingerprint density at radius 3 is 1.68 bits per heavy atom. The smallest absolute Gasteiger partial charge is 0.171 e. The molecule has 0 saturated heterocycles. The van der Waals surface area contributed by atoms with Crippen LogP contribution in [0.3, 0.4) is 0 Å². The second kappa shape index (κ2) is 9.43. The molecule has 4 heteroatoms. The standard InChI is InChI=1S/C24H39BrNOP/c1-12-19(21(25)27-13-2)28-26-20-17(23(6,7)8)14-16(22(3,4)5)15-18(20)24(9,10)11/h14-15H,12-13H2,1-11H3/b21-19+. The van der Waals surface area contributed by atoms with E-state index in [1.54, 1.807) is 0 Å². The molecule has 0 fully saturated rings. The van der Waals surface area contributed by atoms with E-state index < -0.39 is 0 Å². The fraction of sp³-hybridized carbons (Fsp3) is 0.667. The number of benzene rings is 1. The maximum Gasteiger partial charge on any atom is 0.171 e. The van der Waals surface area contributed by atoms with Gasteiger partial charge in [-0.2, -0.15) is 0 Å². The molecule has 0 aromatic heterocycles. The number of allylic oxidation sites excluding steroid dienone is 1. The van der Waals surface area contributed by atoms with Gasteiger partial charge in [-0.15, -0.1) is 0 Å². The third-order valence-corrected chi connectivity index (χ3v) is 6.77. The fourth-order valence-corrected chi connectivity index (χ4v) is 4.36. The van der Waals surface area contributed by atoms with Crippen LogP contribution in [-0.2, 0) is 21.0 Å². The molecule has 0 spiro atoms. The van der Waals surface area contributed by atoms with Crippen LogP contribution >= 0.6 is 24.3 Å². The number of ether oxygens (including phenoxy) is 1. The van der Waals surface area contributed by atoms with Crippen LogP contribution in [0, 0.1) is 0 Å². The van der Waals surface area contributed by atoms with Crippen molar-refractivity contribution in [2.45, 2.75) is 98.8 Å². The van der Waals surface area contributed by atoms with Crippen LogP contribution in [0.5, 0.6) is 0 Å². The van der Waals surface area contributed by atoms with Crippen LogP contribution in [0.2, 0.25) is 0 Å². The average molecular weight is 468 g/mol. The number of hydrogen-bond donors (Lipinski definition) is 0. The molecule has 0 bridgehead atoms. The maximum atomic E-state index is 5.67. The Balaban J connectivity index is 3.81. The molecule has 1 aromatic rings. The monoisotopic (exact) mass is 467 g/mol. The van der Waals surface area contributed by atoms with Gasteiger partial charge in [-0.25, -0.2) is 4.74 Å². The number of halogens is 1. The summed E-state index contributed by atoms with van der Waals surface area (Å²) in [5, 5.41) is 1.17. The molecule has 28 heavy (non-hydrogen) atoms. The second-order valence-corrected chi connectivity index (χ2v) is 12.0. The van der Waals surface area contributed by atoms with Crippen molar-refractivity contribution in [1.82, 2.24) is 0 Å². The Kier molecular flexibility index (Phi) is 8.55. The van der Waals surface area contributed by atoms with Crippen LogP contribution in [0.15, 0.2) is 26.9 Å². The molecule has 0 aliphatic carbocycles. The first kappa shape index (κ1) is 25.4. The largest absolute Gasteiger partial charge is 0.486 e. The molecule has 1 aromatic carbocycles. The molecular weight excluding hydrogens is 429 g/mol. The van der Waals surface area contributed by atoms with Crippen molar-refractivity contribution in [3.63, 3.8) is 0 Å². The molecule has 0 aliphatic rings. The highest BCUT2D eigenvalue weighted by Crippen LogP contribution is 2.45. The molecule has 2 nitrogen and oxygen atoms in total. The second-order valence-electron chi connectivity index (χ2n) is 10.4. The Morgan fingerprint density at radius 1 is 0.893 bits per heavy atom. The fourth-order valence-electron chi connectivity index (χ4n) is 2.89. The minimum atomic E-state index is 0.0167. The molecule has 0 unspecified atom stereocenters. The van der Waals surface area contributed by atoms with Crippen LogP contribution in [0.4, 0.5) is 5.69 Å². The lowest BCUT2D eigenvalue weighted by Crippen LogP contribution is -2.21. The number of rotatable bonds is 5. The van der Waals surface area contributed by atoms with Gasteiger partial charge >= 0.3 is 0 Å². The van der Waals surface area contributed by atoms with E-state index >= 15 is 0 Å². The van der Waals surface area contributed by atoms with Crippen molar-refractivity contribution >= 4 is 30.0 Å². The van der Waals surface area contributed by atoms with Crippen LogP contribution in [0.1, 0.15) is 99.3 Å². The van der Waals surface area contributed by atoms with E-state index in [0.717, 1.165) is 25.1 Å². The van der Waals surface area contributed by atoms with Gasteiger partial charge in [0.15, 0.2) is 4.67 Å². The summed E-state index contributed by atoms with van der Waals surface area (Å²) in [5.41, 5.74) is 5.28. The van der Waals surface area contributed by atoms with E-state index in [1.165, 1.54) is 22.0 Å². The Morgan fingerprint density at radius 2 is 1.36 bits per heavy atom. The molecular formula is C24H39BrNOP. The van der Waals surface area contributed by atoms with Gasteiger partial charge in [0, 0.05) is 13.7 Å². The quantitative estimate of drug-likeness (QED) is 0.312. The minimum Gasteiger partial charge on any atom is -0.486 e. The van der Waals surface area contributed by atoms with Crippen molar-refractivity contribution in [2.24, 2.45) is 4.74 Å². The maximum absolute atomic E-state index is 5.67. The minimum absolute atomic E-state index is 0.0167. The Labute approximate surface area is 183 Å². The predicted octanol–water partition coefficient (Wildman–Crippen LogP) is 9.35. The third-order valence-electron chi connectivity index (χ3n) is 4.70. The normalized spacial score (nSPS) is 14.4. The zero-order chi connectivity index (χ0) is 21.9. The molecule has 0 saturated carbocycles. The molecule has 158 valence electrons. The van der Waals surface area contributed by atoms with Gasteiger partial charge in [0.2, 0.25) is 0 Å². The first-order chi connectivity index (χ1) is 12.6. The van der Waals surface area contributed by atoms with Crippen molar-refractivity contribution < 1.29 is 4.74 Å². The van der Waals surface area contributed by atoms with Crippen LogP contribution in [-0.4, -0.2) is 6.61 Å². The van der Waals surface area contributed by atoms with E-state index in [1.807, 2.05) is 6.92 Å². The molecule has 0 amide bonds. The van der Waals surface area contributed by atoms with Crippen molar-refractivity contribution in [1.29, 1.82) is 0 Å². The highest BCUT2D eigenvalue weighted by molar-refractivity contribution is 9.11. The summed E-state index contributed by atoms with van der Waals surface area (Å²) in [5.74, 6) is 0. The topological polar surface area (TPSA) is 21.6 Å². The van der Waals surface area contributed by atoms with Gasteiger partial charge in [0.1, 0.15) is 0 Å². The zero-order valence-electron chi connectivity index (χ0n) is 19.7. The van der Waals surface area contributed by atoms with E-state index in [4.69, 9.17) is 9.48 Å². The molecule has 0 atom stereocenters. The summed E-state index contributed by atoms with van der Waals surface area (Å²) in [6, 6.07) is 4.74. The number of nitrogens with zero attached hydrogens (tertiary/aromatic N) is 1. The van der Waals surface area contributed by atoms with Gasteiger partial charge in [0.05, 0.1) is 12.3 Å². The molecule has 0 N–H and O–H groups in total. The summed E-state index contributed by atoms with van der Waals surface area (Å²) in [6.45, 7) is 25.3. The lowest BCUT2D eigenvalue weighted by Gasteiger charge is -2.32. The zero-order valence-corrected chi connectivity index (χ0v) is 22.2. The Bertz CT molecular complexity index is 708. The predicted molar refractivity (Wildman–Crippen MR) is 129 cm³/mol. The van der Waals surface area contributed by atoms with Crippen LogP contribution < -0.4 is 0 Å². The van der Waals surface area contributed by atoms with E-state index in [9.17, 15) is 0 Å². The highest BCUT2D eigenvalue weighted by atomic mass is 79.9. The van der Waals surface area contributed by atoms with E-state index in [2.05, 4.69) is 97.3 Å². The summed E-state index contributed by atoms with van der Waals surface area (Å²) in [4.78, 5) is 0. The highest BCUT2D eigenvalue weighted by Gasteiger charge is 2.29. The van der Waals surface area contributed by atoms with Crippen LogP contribution in [0.25, 0.3) is 0 Å². The van der Waals surface area contributed by atoms with Gasteiger partial charge in [0.25, 0.3) is 0 Å². The lowest BCUT2D eigenvalue weighted by molar-refractivity contribution is 0.258. The summed E-state index contributed by atoms with van der Waals surface area (Å²) in [7, 11) is 0.944. The lowest BCUT2D eigenvalue weighted by atomic mass is 9.74. The van der Waals surface area contributed by atoms with Gasteiger partial charge in [-0.05, 0) is 62.2 Å². The molecule has 0 aliphatic heterocycles. The molecule has 1 rings (SSSR count). The number of hydrogen-bond acceptors (Lipinski definition) is 2. The van der Waals surface area contributed by atoms with E-state index in [-0.39, 0.29) is 16.2 Å². The summed E-state index contributed by atoms with van der Waals surface area (Å²) in [6.07, 6.45) is 0.904. The summed E-state index contributed by atoms with van der Waals surface area (Å²) >= 11 is 3.58. The van der Waals surface area contributed by atoms with Gasteiger partial charge in [-0.1, -0.05) is 81.4 Å². The Hall–Kier alpha value is -0.660. The van der Waals surface area contributed by atoms with Crippen molar-refractivity contribution in [3.8, 4) is 0 Å². The molecule has 0 radical (unpaired) electrons. The van der Waals surface area contributed by atoms with Crippen molar-refractivity contribution in [2.75, 3.05) is 6.61 Å².